The Bertz CT molecular complexity index is 356. The van der Waals surface area contributed by atoms with E-state index in [1.165, 1.54) is 37.8 Å². The summed E-state index contributed by atoms with van der Waals surface area (Å²) in [5.74, 6) is 0. The Kier molecular flexibility index (Phi) is 5.21. The second kappa shape index (κ2) is 6.91. The maximum Gasteiger partial charge on any atom is 0.0239 e. The number of likely N-dealkylation sites (N-methyl/N-ethyl adjacent to an activating group) is 1. The molecule has 1 unspecified atom stereocenters. The zero-order valence-electron chi connectivity index (χ0n) is 11.8. The fourth-order valence-corrected chi connectivity index (χ4v) is 3.02. The van der Waals surface area contributed by atoms with E-state index in [1.54, 1.807) is 5.56 Å². The molecule has 18 heavy (non-hydrogen) atoms. The quantitative estimate of drug-likeness (QED) is 0.859. The number of hydrogen-bond donors (Lipinski definition) is 1. The maximum absolute atomic E-state index is 3.35. The lowest BCUT2D eigenvalue weighted by atomic mass is 10.0. The molecule has 1 atom stereocenters. The van der Waals surface area contributed by atoms with Crippen molar-refractivity contribution in [2.24, 2.45) is 0 Å². The normalized spacial score (nSPS) is 18.1. The first-order valence-corrected chi connectivity index (χ1v) is 7.30. The highest BCUT2D eigenvalue weighted by Crippen LogP contribution is 2.21. The van der Waals surface area contributed by atoms with Crippen LogP contribution in [0.4, 0.5) is 0 Å². The first-order chi connectivity index (χ1) is 8.85. The summed E-state index contributed by atoms with van der Waals surface area (Å²) in [6, 6.07) is 9.63. The highest BCUT2D eigenvalue weighted by atomic mass is 15.2. The Morgan fingerprint density at radius 3 is 2.78 bits per heavy atom. The Labute approximate surface area is 111 Å². The smallest absolute Gasteiger partial charge is 0.0239 e. The molecule has 0 saturated heterocycles. The summed E-state index contributed by atoms with van der Waals surface area (Å²) in [5.41, 5.74) is 3.09. The molecule has 0 bridgehead atoms. The molecular weight excluding hydrogens is 220 g/mol. The number of nitrogens with one attached hydrogen (secondary N) is 1. The van der Waals surface area contributed by atoms with Crippen molar-refractivity contribution < 1.29 is 0 Å². The van der Waals surface area contributed by atoms with E-state index >= 15 is 0 Å². The number of benzene rings is 1. The van der Waals surface area contributed by atoms with Crippen molar-refractivity contribution in [3.05, 3.63) is 35.4 Å². The van der Waals surface area contributed by atoms with Crippen LogP contribution in [0.5, 0.6) is 0 Å². The summed E-state index contributed by atoms with van der Waals surface area (Å²) in [6.07, 6.45) is 5.10. The minimum Gasteiger partial charge on any atom is -0.318 e. The lowest BCUT2D eigenvalue weighted by molar-refractivity contribution is 0.177. The fourth-order valence-electron chi connectivity index (χ4n) is 3.02. The van der Waals surface area contributed by atoms with Crippen molar-refractivity contribution >= 4 is 0 Å². The van der Waals surface area contributed by atoms with Crippen molar-refractivity contribution in [2.75, 3.05) is 20.1 Å². The lowest BCUT2D eigenvalue weighted by Gasteiger charge is -2.30. The minimum atomic E-state index is 0.686. The Morgan fingerprint density at radius 1 is 1.28 bits per heavy atom. The molecule has 2 rings (SSSR count). The molecule has 0 aliphatic carbocycles. The van der Waals surface area contributed by atoms with E-state index in [4.69, 9.17) is 0 Å². The number of aryl methyl sites for hydroxylation is 1. The van der Waals surface area contributed by atoms with Gasteiger partial charge in [0.2, 0.25) is 0 Å². The lowest BCUT2D eigenvalue weighted by Crippen LogP contribution is -2.41. The predicted molar refractivity (Wildman–Crippen MR) is 77.8 cm³/mol. The number of fused-ring (bicyclic) bond motifs is 1. The van der Waals surface area contributed by atoms with E-state index in [9.17, 15) is 0 Å². The molecule has 0 amide bonds. The summed E-state index contributed by atoms with van der Waals surface area (Å²) < 4.78 is 0. The van der Waals surface area contributed by atoms with Gasteiger partial charge in [0.1, 0.15) is 0 Å². The zero-order valence-corrected chi connectivity index (χ0v) is 11.8. The molecule has 0 spiro atoms. The summed E-state index contributed by atoms with van der Waals surface area (Å²) in [5, 5.41) is 3.35. The van der Waals surface area contributed by atoms with Crippen LogP contribution in [-0.4, -0.2) is 31.1 Å². The van der Waals surface area contributed by atoms with Crippen molar-refractivity contribution in [1.29, 1.82) is 0 Å². The van der Waals surface area contributed by atoms with Crippen LogP contribution in [0.15, 0.2) is 24.3 Å². The Hall–Kier alpha value is -0.860. The van der Waals surface area contributed by atoms with E-state index in [0.717, 1.165) is 13.1 Å². The first-order valence-electron chi connectivity index (χ1n) is 7.30. The third-order valence-corrected chi connectivity index (χ3v) is 3.96. The van der Waals surface area contributed by atoms with Crippen LogP contribution in [0.3, 0.4) is 0 Å². The highest BCUT2D eigenvalue weighted by Gasteiger charge is 2.20. The molecule has 1 aromatic rings. The predicted octanol–water partition coefficient (Wildman–Crippen LogP) is 2.82. The molecule has 0 radical (unpaired) electrons. The van der Waals surface area contributed by atoms with Gasteiger partial charge in [0.25, 0.3) is 0 Å². The number of rotatable bonds is 5. The molecular formula is C16H26N2. The monoisotopic (exact) mass is 246 g/mol. The molecule has 0 aromatic heterocycles. The van der Waals surface area contributed by atoms with Gasteiger partial charge < -0.3 is 5.32 Å². The third-order valence-electron chi connectivity index (χ3n) is 3.96. The van der Waals surface area contributed by atoms with Crippen LogP contribution in [0.2, 0.25) is 0 Å². The second-order valence-corrected chi connectivity index (χ2v) is 5.34. The molecule has 1 aliphatic heterocycles. The van der Waals surface area contributed by atoms with Crippen LogP contribution in [-0.2, 0) is 13.0 Å². The zero-order chi connectivity index (χ0) is 12.8. The molecule has 0 fully saturated rings. The van der Waals surface area contributed by atoms with E-state index in [1.807, 2.05) is 0 Å². The van der Waals surface area contributed by atoms with Crippen LogP contribution in [0.1, 0.15) is 37.3 Å². The average Bonchev–Trinajstić information content (AvgIpc) is 2.60. The third kappa shape index (κ3) is 3.33. The van der Waals surface area contributed by atoms with Crippen molar-refractivity contribution in [3.8, 4) is 0 Å². The maximum atomic E-state index is 3.35. The van der Waals surface area contributed by atoms with Gasteiger partial charge in [-0.25, -0.2) is 0 Å². The molecule has 2 nitrogen and oxygen atoms in total. The van der Waals surface area contributed by atoms with Gasteiger partial charge in [0.15, 0.2) is 0 Å². The Balaban J connectivity index is 2.10. The van der Waals surface area contributed by atoms with Gasteiger partial charge in [-0.1, -0.05) is 37.6 Å². The number of hydrogen-bond acceptors (Lipinski definition) is 2. The molecule has 0 saturated carbocycles. The van der Waals surface area contributed by atoms with Crippen LogP contribution in [0.25, 0.3) is 0 Å². The minimum absolute atomic E-state index is 0.686. The standard InChI is InChI=1S/C16H26N2/c1-3-7-16(12-17-2)18-11-6-10-14-8-4-5-9-15(14)13-18/h4-5,8-9,16-17H,3,6-7,10-13H2,1-2H3. The second-order valence-electron chi connectivity index (χ2n) is 5.34. The Morgan fingerprint density at radius 2 is 2.06 bits per heavy atom. The van der Waals surface area contributed by atoms with Crippen LogP contribution in [0, 0.1) is 0 Å². The van der Waals surface area contributed by atoms with Gasteiger partial charge in [-0.15, -0.1) is 0 Å². The highest BCUT2D eigenvalue weighted by molar-refractivity contribution is 5.28. The number of nitrogens with zero attached hydrogens (tertiary/aromatic N) is 1. The molecule has 1 N–H and O–H groups in total. The van der Waals surface area contributed by atoms with Gasteiger partial charge >= 0.3 is 0 Å². The summed E-state index contributed by atoms with van der Waals surface area (Å²) in [4.78, 5) is 2.67. The van der Waals surface area contributed by atoms with E-state index in [2.05, 4.69) is 48.5 Å². The van der Waals surface area contributed by atoms with Crippen LogP contribution >= 0.6 is 0 Å². The molecule has 2 heteroatoms. The largest absolute Gasteiger partial charge is 0.318 e. The van der Waals surface area contributed by atoms with Gasteiger partial charge in [0.05, 0.1) is 0 Å². The molecule has 100 valence electrons. The summed E-state index contributed by atoms with van der Waals surface area (Å²) in [7, 11) is 2.06. The first kappa shape index (κ1) is 13.6. The molecule has 1 aromatic carbocycles. The SMILES string of the molecule is CCCC(CNC)N1CCCc2ccccc2C1. The molecule has 1 aliphatic rings. The summed E-state index contributed by atoms with van der Waals surface area (Å²) in [6.45, 7) is 5.76. The van der Waals surface area contributed by atoms with Gasteiger partial charge in [-0.3, -0.25) is 4.90 Å². The van der Waals surface area contributed by atoms with Crippen LogP contribution < -0.4 is 5.32 Å². The van der Waals surface area contributed by atoms with Gasteiger partial charge in [-0.2, -0.15) is 0 Å². The fraction of sp³-hybridized carbons (Fsp3) is 0.625. The topological polar surface area (TPSA) is 15.3 Å². The van der Waals surface area contributed by atoms with Gasteiger partial charge in [-0.05, 0) is 44.0 Å². The molecule has 1 heterocycles. The van der Waals surface area contributed by atoms with E-state index in [-0.39, 0.29) is 0 Å². The summed E-state index contributed by atoms with van der Waals surface area (Å²) >= 11 is 0. The van der Waals surface area contributed by atoms with E-state index < -0.39 is 0 Å². The van der Waals surface area contributed by atoms with Gasteiger partial charge in [0, 0.05) is 19.1 Å². The van der Waals surface area contributed by atoms with Crippen molar-refractivity contribution in [2.45, 2.75) is 45.2 Å². The van der Waals surface area contributed by atoms with Crippen molar-refractivity contribution in [1.82, 2.24) is 10.2 Å². The average molecular weight is 246 g/mol. The van der Waals surface area contributed by atoms with E-state index in [0.29, 0.717) is 6.04 Å². The van der Waals surface area contributed by atoms with Crippen molar-refractivity contribution in [3.63, 3.8) is 0 Å².